The summed E-state index contributed by atoms with van der Waals surface area (Å²) in [7, 11) is 1.58. The summed E-state index contributed by atoms with van der Waals surface area (Å²) >= 11 is 4.90. The second-order valence-electron chi connectivity index (χ2n) is 5.51. The molecule has 1 N–H and O–H groups in total. The van der Waals surface area contributed by atoms with Crippen molar-refractivity contribution in [2.75, 3.05) is 19.0 Å². The van der Waals surface area contributed by atoms with Gasteiger partial charge in [0.1, 0.15) is 5.01 Å². The summed E-state index contributed by atoms with van der Waals surface area (Å²) in [6.45, 7) is 2.45. The lowest BCUT2D eigenvalue weighted by Gasteiger charge is -2.12. The van der Waals surface area contributed by atoms with Gasteiger partial charge in [-0.2, -0.15) is 0 Å². The van der Waals surface area contributed by atoms with E-state index in [-0.39, 0.29) is 5.91 Å². The van der Waals surface area contributed by atoms with Gasteiger partial charge >= 0.3 is 0 Å². The predicted molar refractivity (Wildman–Crippen MR) is 101 cm³/mol. The van der Waals surface area contributed by atoms with Crippen molar-refractivity contribution in [3.63, 3.8) is 0 Å². The Labute approximate surface area is 158 Å². The molecule has 1 aromatic carbocycles. The zero-order valence-corrected chi connectivity index (χ0v) is 16.3. The SMILES string of the molecule is CCOc1c(Br)cc(/C=C/C(=O)Nc2nnc(C3CC3)s2)cc1OC. The molecule has 6 nitrogen and oxygen atoms in total. The molecule has 1 aromatic heterocycles. The number of methoxy groups -OCH3 is 1. The van der Waals surface area contributed by atoms with E-state index >= 15 is 0 Å². The van der Waals surface area contributed by atoms with Gasteiger partial charge in [-0.25, -0.2) is 0 Å². The van der Waals surface area contributed by atoms with Crippen molar-refractivity contribution in [1.82, 2.24) is 10.2 Å². The van der Waals surface area contributed by atoms with E-state index in [1.165, 1.54) is 17.4 Å². The molecule has 0 unspecified atom stereocenters. The van der Waals surface area contributed by atoms with Crippen LogP contribution >= 0.6 is 27.3 Å². The summed E-state index contributed by atoms with van der Waals surface area (Å²) in [4.78, 5) is 12.1. The number of halogens is 1. The third-order valence-corrected chi connectivity index (χ3v) is 5.16. The molecule has 1 aliphatic rings. The van der Waals surface area contributed by atoms with E-state index in [9.17, 15) is 4.79 Å². The smallest absolute Gasteiger partial charge is 0.250 e. The topological polar surface area (TPSA) is 73.3 Å². The zero-order valence-electron chi connectivity index (χ0n) is 13.9. The first-order valence-electron chi connectivity index (χ1n) is 7.93. The zero-order chi connectivity index (χ0) is 17.8. The molecular formula is C17H18BrN3O3S. The Kier molecular flexibility index (Phi) is 5.70. The molecule has 0 bridgehead atoms. The lowest BCUT2D eigenvalue weighted by Crippen LogP contribution is -2.07. The average Bonchev–Trinajstić information content (AvgIpc) is 3.35. The number of amides is 1. The van der Waals surface area contributed by atoms with Gasteiger partial charge < -0.3 is 9.47 Å². The van der Waals surface area contributed by atoms with Gasteiger partial charge in [0.25, 0.3) is 0 Å². The van der Waals surface area contributed by atoms with Crippen molar-refractivity contribution in [2.24, 2.45) is 0 Å². The predicted octanol–water partition coefficient (Wildman–Crippen LogP) is 4.24. The molecule has 25 heavy (non-hydrogen) atoms. The first-order chi connectivity index (χ1) is 12.1. The van der Waals surface area contributed by atoms with E-state index in [1.807, 2.05) is 19.1 Å². The highest BCUT2D eigenvalue weighted by molar-refractivity contribution is 9.10. The van der Waals surface area contributed by atoms with Crippen LogP contribution in [0.15, 0.2) is 22.7 Å². The Morgan fingerprint density at radius 2 is 2.24 bits per heavy atom. The minimum absolute atomic E-state index is 0.248. The van der Waals surface area contributed by atoms with E-state index in [0.29, 0.717) is 29.2 Å². The third-order valence-electron chi connectivity index (χ3n) is 3.56. The van der Waals surface area contributed by atoms with Crippen LogP contribution in [0.2, 0.25) is 0 Å². The van der Waals surface area contributed by atoms with E-state index < -0.39 is 0 Å². The fourth-order valence-electron chi connectivity index (χ4n) is 2.22. The summed E-state index contributed by atoms with van der Waals surface area (Å²) in [5.74, 6) is 1.54. The van der Waals surface area contributed by atoms with Crippen LogP contribution in [0, 0.1) is 0 Å². The molecule has 3 rings (SSSR count). The van der Waals surface area contributed by atoms with Gasteiger partial charge in [0.2, 0.25) is 11.0 Å². The molecule has 0 spiro atoms. The summed E-state index contributed by atoms with van der Waals surface area (Å²) < 4.78 is 11.7. The summed E-state index contributed by atoms with van der Waals surface area (Å²) in [5, 5.41) is 12.4. The van der Waals surface area contributed by atoms with E-state index in [2.05, 4.69) is 31.4 Å². The fraction of sp³-hybridized carbons (Fsp3) is 0.353. The van der Waals surface area contributed by atoms with Crippen LogP contribution in [0.4, 0.5) is 5.13 Å². The number of ether oxygens (including phenoxy) is 2. The Hall–Kier alpha value is -1.93. The van der Waals surface area contributed by atoms with Gasteiger partial charge in [0.15, 0.2) is 11.5 Å². The molecule has 8 heteroatoms. The summed E-state index contributed by atoms with van der Waals surface area (Å²) in [5.41, 5.74) is 0.818. The molecule has 1 fully saturated rings. The van der Waals surface area contributed by atoms with E-state index in [4.69, 9.17) is 9.47 Å². The first kappa shape index (κ1) is 17.9. The molecule has 0 saturated heterocycles. The van der Waals surface area contributed by atoms with Crippen molar-refractivity contribution < 1.29 is 14.3 Å². The molecule has 1 heterocycles. The largest absolute Gasteiger partial charge is 0.493 e. The maximum Gasteiger partial charge on any atom is 0.250 e. The Morgan fingerprint density at radius 1 is 1.44 bits per heavy atom. The van der Waals surface area contributed by atoms with Crippen molar-refractivity contribution in [1.29, 1.82) is 0 Å². The van der Waals surface area contributed by atoms with Crippen molar-refractivity contribution >= 4 is 44.4 Å². The van der Waals surface area contributed by atoms with E-state index in [1.54, 1.807) is 13.2 Å². The van der Waals surface area contributed by atoms with Crippen LogP contribution in [0.5, 0.6) is 11.5 Å². The highest BCUT2D eigenvalue weighted by Crippen LogP contribution is 2.42. The molecule has 132 valence electrons. The second-order valence-corrected chi connectivity index (χ2v) is 7.37. The first-order valence-corrected chi connectivity index (χ1v) is 9.54. The number of hydrogen-bond acceptors (Lipinski definition) is 6. The number of hydrogen-bond donors (Lipinski definition) is 1. The van der Waals surface area contributed by atoms with E-state index in [0.717, 1.165) is 27.9 Å². The normalized spacial score (nSPS) is 13.9. The van der Waals surface area contributed by atoms with Crippen LogP contribution in [0.25, 0.3) is 6.08 Å². The number of nitrogens with zero attached hydrogens (tertiary/aromatic N) is 2. The number of anilines is 1. The Balaban J connectivity index is 1.67. The van der Waals surface area contributed by atoms with Crippen LogP contribution in [-0.4, -0.2) is 29.8 Å². The van der Waals surface area contributed by atoms with Gasteiger partial charge in [0.05, 0.1) is 18.2 Å². The monoisotopic (exact) mass is 423 g/mol. The highest BCUT2D eigenvalue weighted by Gasteiger charge is 2.27. The summed E-state index contributed by atoms with van der Waals surface area (Å²) in [6, 6.07) is 3.68. The van der Waals surface area contributed by atoms with Crippen LogP contribution < -0.4 is 14.8 Å². The third kappa shape index (κ3) is 4.58. The van der Waals surface area contributed by atoms with Crippen LogP contribution in [0.3, 0.4) is 0 Å². The van der Waals surface area contributed by atoms with Gasteiger partial charge in [-0.3, -0.25) is 10.1 Å². The van der Waals surface area contributed by atoms with Gasteiger partial charge in [-0.05, 0) is 59.5 Å². The van der Waals surface area contributed by atoms with Gasteiger partial charge in [-0.15, -0.1) is 10.2 Å². The molecule has 0 radical (unpaired) electrons. The fourth-order valence-corrected chi connectivity index (χ4v) is 3.71. The number of carbonyl (C=O) groups is 1. The molecule has 0 aliphatic heterocycles. The highest BCUT2D eigenvalue weighted by atomic mass is 79.9. The molecule has 2 aromatic rings. The number of benzene rings is 1. The Morgan fingerprint density at radius 3 is 2.92 bits per heavy atom. The molecule has 1 amide bonds. The maximum atomic E-state index is 12.1. The van der Waals surface area contributed by atoms with Crippen molar-refractivity contribution in [2.45, 2.75) is 25.7 Å². The quantitative estimate of drug-likeness (QED) is 0.674. The average molecular weight is 424 g/mol. The second kappa shape index (κ2) is 7.97. The van der Waals surface area contributed by atoms with Crippen LogP contribution in [-0.2, 0) is 4.79 Å². The summed E-state index contributed by atoms with van der Waals surface area (Å²) in [6.07, 6.45) is 5.49. The molecular weight excluding hydrogens is 406 g/mol. The van der Waals surface area contributed by atoms with Crippen molar-refractivity contribution in [3.8, 4) is 11.5 Å². The molecule has 1 saturated carbocycles. The van der Waals surface area contributed by atoms with Gasteiger partial charge in [0, 0.05) is 12.0 Å². The van der Waals surface area contributed by atoms with Gasteiger partial charge in [-0.1, -0.05) is 11.3 Å². The molecule has 0 atom stereocenters. The number of nitrogens with one attached hydrogen (secondary N) is 1. The standard InChI is InChI=1S/C17H18BrN3O3S/c1-3-24-15-12(18)8-10(9-13(15)23-2)4-7-14(22)19-17-21-20-16(25-17)11-5-6-11/h4,7-9,11H,3,5-6H2,1-2H3,(H,19,21,22)/b7-4+. The lowest BCUT2D eigenvalue weighted by atomic mass is 10.2. The Bertz CT molecular complexity index is 802. The maximum absolute atomic E-state index is 12.1. The minimum Gasteiger partial charge on any atom is -0.493 e. The number of carbonyl (C=O) groups excluding carboxylic acids is 1. The lowest BCUT2D eigenvalue weighted by molar-refractivity contribution is -0.111. The number of aromatic nitrogens is 2. The molecule has 1 aliphatic carbocycles. The van der Waals surface area contributed by atoms with Crippen LogP contribution in [0.1, 0.15) is 36.3 Å². The minimum atomic E-state index is -0.248. The van der Waals surface area contributed by atoms with Crippen molar-refractivity contribution in [3.05, 3.63) is 33.3 Å². The number of rotatable bonds is 7.